The van der Waals surface area contributed by atoms with Crippen molar-refractivity contribution in [1.82, 2.24) is 0 Å². The van der Waals surface area contributed by atoms with Gasteiger partial charge >= 0.3 is 5.97 Å². The molecule has 0 aliphatic rings. The van der Waals surface area contributed by atoms with Crippen molar-refractivity contribution in [3.63, 3.8) is 0 Å². The molecule has 0 heterocycles. The maximum Gasteiger partial charge on any atom is 0.339 e. The minimum Gasteiger partial charge on any atom is -0.488 e. The Balaban J connectivity index is 2.88. The second-order valence-corrected chi connectivity index (χ2v) is 3.39. The lowest BCUT2D eigenvalue weighted by Crippen LogP contribution is -2.17. The average molecular weight is 225 g/mol. The van der Waals surface area contributed by atoms with Gasteiger partial charge in [0.25, 0.3) is 0 Å². The molecule has 1 aromatic carbocycles. The Bertz CT molecular complexity index is 378. The molecular weight excluding hydrogens is 210 g/mol. The lowest BCUT2D eigenvalue weighted by atomic mass is 10.2. The van der Waals surface area contributed by atoms with Gasteiger partial charge in [0, 0.05) is 7.11 Å². The summed E-state index contributed by atoms with van der Waals surface area (Å²) in [6.07, 6.45) is -0.124. The number of hydrogen-bond donors (Lipinski definition) is 2. The molecule has 0 aliphatic heterocycles. The highest BCUT2D eigenvalue weighted by atomic mass is 16.5. The summed E-state index contributed by atoms with van der Waals surface area (Å²) in [5.74, 6) is -0.869. The topological polar surface area (TPSA) is 81.8 Å². The molecule has 1 atom stereocenters. The van der Waals surface area contributed by atoms with Crippen molar-refractivity contribution in [3.05, 3.63) is 23.8 Å². The normalized spacial score (nSPS) is 12.1. The van der Waals surface area contributed by atoms with Crippen LogP contribution >= 0.6 is 0 Å². The first-order valence-corrected chi connectivity index (χ1v) is 4.83. The smallest absolute Gasteiger partial charge is 0.339 e. The standard InChI is InChI=1S/C11H15NO4/c1-7(15-2)6-16-10-8(11(13)14)4-3-5-9(10)12/h3-5,7H,6,12H2,1-2H3,(H,13,14). The van der Waals surface area contributed by atoms with Crippen molar-refractivity contribution in [2.45, 2.75) is 13.0 Å². The van der Waals surface area contributed by atoms with Crippen LogP contribution in [0.4, 0.5) is 5.69 Å². The summed E-state index contributed by atoms with van der Waals surface area (Å²) in [7, 11) is 1.56. The number of para-hydroxylation sites is 1. The SMILES string of the molecule is COC(C)COc1c(N)cccc1C(=O)O. The largest absolute Gasteiger partial charge is 0.488 e. The Morgan fingerprint density at radius 2 is 2.25 bits per heavy atom. The fourth-order valence-corrected chi connectivity index (χ4v) is 1.15. The molecule has 0 fully saturated rings. The highest BCUT2D eigenvalue weighted by Crippen LogP contribution is 2.26. The van der Waals surface area contributed by atoms with Crippen molar-refractivity contribution in [1.29, 1.82) is 0 Å². The van der Waals surface area contributed by atoms with E-state index in [9.17, 15) is 4.79 Å². The molecule has 0 radical (unpaired) electrons. The maximum atomic E-state index is 10.9. The molecular formula is C11H15NO4. The van der Waals surface area contributed by atoms with E-state index >= 15 is 0 Å². The first kappa shape index (κ1) is 12.3. The van der Waals surface area contributed by atoms with Gasteiger partial charge < -0.3 is 20.3 Å². The van der Waals surface area contributed by atoms with Crippen LogP contribution < -0.4 is 10.5 Å². The maximum absolute atomic E-state index is 10.9. The van der Waals surface area contributed by atoms with Gasteiger partial charge in [-0.1, -0.05) is 6.07 Å². The van der Waals surface area contributed by atoms with Crippen LogP contribution in [0.15, 0.2) is 18.2 Å². The number of nitrogen functional groups attached to an aromatic ring is 1. The summed E-state index contributed by atoms with van der Waals surface area (Å²) < 4.78 is 10.3. The molecule has 1 aromatic rings. The van der Waals surface area contributed by atoms with Crippen molar-refractivity contribution < 1.29 is 19.4 Å². The van der Waals surface area contributed by atoms with Gasteiger partial charge in [0.2, 0.25) is 0 Å². The Morgan fingerprint density at radius 3 is 2.81 bits per heavy atom. The summed E-state index contributed by atoms with van der Waals surface area (Å²) in [6, 6.07) is 4.62. The Hall–Kier alpha value is -1.75. The zero-order valence-corrected chi connectivity index (χ0v) is 9.27. The molecule has 3 N–H and O–H groups in total. The predicted molar refractivity (Wildman–Crippen MR) is 59.8 cm³/mol. The minimum absolute atomic E-state index is 0.0586. The van der Waals surface area contributed by atoms with Crippen LogP contribution in [-0.2, 0) is 4.74 Å². The van der Waals surface area contributed by atoms with E-state index in [0.29, 0.717) is 5.69 Å². The Morgan fingerprint density at radius 1 is 1.56 bits per heavy atom. The highest BCUT2D eigenvalue weighted by Gasteiger charge is 2.14. The average Bonchev–Trinajstić information content (AvgIpc) is 2.26. The zero-order valence-electron chi connectivity index (χ0n) is 9.27. The third kappa shape index (κ3) is 2.87. The van der Waals surface area contributed by atoms with Gasteiger partial charge in [-0.25, -0.2) is 4.79 Å². The van der Waals surface area contributed by atoms with E-state index < -0.39 is 5.97 Å². The van der Waals surface area contributed by atoms with Gasteiger partial charge in [-0.15, -0.1) is 0 Å². The van der Waals surface area contributed by atoms with Crippen LogP contribution in [0.2, 0.25) is 0 Å². The molecule has 5 nitrogen and oxygen atoms in total. The lowest BCUT2D eigenvalue weighted by molar-refractivity contribution is 0.0648. The number of carboxylic acids is 1. The Kier molecular flexibility index (Phi) is 4.13. The first-order valence-electron chi connectivity index (χ1n) is 4.83. The summed E-state index contributed by atoms with van der Waals surface area (Å²) >= 11 is 0. The number of ether oxygens (including phenoxy) is 2. The van der Waals surface area contributed by atoms with Crippen LogP contribution in [-0.4, -0.2) is 30.9 Å². The van der Waals surface area contributed by atoms with E-state index in [1.165, 1.54) is 6.07 Å². The number of hydrogen-bond acceptors (Lipinski definition) is 4. The number of anilines is 1. The second-order valence-electron chi connectivity index (χ2n) is 3.39. The minimum atomic E-state index is -1.06. The van der Waals surface area contributed by atoms with Gasteiger partial charge in [0.15, 0.2) is 5.75 Å². The number of aromatic carboxylic acids is 1. The van der Waals surface area contributed by atoms with Crippen molar-refractivity contribution in [2.24, 2.45) is 0 Å². The number of methoxy groups -OCH3 is 1. The van der Waals surface area contributed by atoms with Gasteiger partial charge in [-0.05, 0) is 19.1 Å². The predicted octanol–water partition coefficient (Wildman–Crippen LogP) is 1.38. The molecule has 0 bridgehead atoms. The zero-order chi connectivity index (χ0) is 12.1. The third-order valence-corrected chi connectivity index (χ3v) is 2.14. The molecule has 16 heavy (non-hydrogen) atoms. The monoisotopic (exact) mass is 225 g/mol. The summed E-state index contributed by atoms with van der Waals surface area (Å²) in [4.78, 5) is 10.9. The lowest BCUT2D eigenvalue weighted by Gasteiger charge is -2.14. The summed E-state index contributed by atoms with van der Waals surface area (Å²) in [5.41, 5.74) is 6.02. The molecule has 0 saturated heterocycles. The molecule has 5 heteroatoms. The van der Waals surface area contributed by atoms with E-state index in [0.717, 1.165) is 0 Å². The van der Waals surface area contributed by atoms with E-state index in [1.807, 2.05) is 6.92 Å². The van der Waals surface area contributed by atoms with Crippen LogP contribution in [0.3, 0.4) is 0 Å². The van der Waals surface area contributed by atoms with Gasteiger partial charge in [-0.2, -0.15) is 0 Å². The Labute approximate surface area is 93.8 Å². The quantitative estimate of drug-likeness (QED) is 0.740. The van der Waals surface area contributed by atoms with E-state index in [2.05, 4.69) is 0 Å². The fraction of sp³-hybridized carbons (Fsp3) is 0.364. The molecule has 0 amide bonds. The second kappa shape index (κ2) is 5.37. The van der Waals surface area contributed by atoms with Crippen LogP contribution in [0, 0.1) is 0 Å². The summed E-state index contributed by atoms with van der Waals surface area (Å²) in [6.45, 7) is 2.07. The molecule has 88 valence electrons. The van der Waals surface area contributed by atoms with E-state index in [1.54, 1.807) is 19.2 Å². The molecule has 0 aliphatic carbocycles. The third-order valence-electron chi connectivity index (χ3n) is 2.14. The number of carbonyl (C=O) groups is 1. The number of nitrogens with two attached hydrogens (primary N) is 1. The number of benzene rings is 1. The molecule has 1 unspecified atom stereocenters. The fourth-order valence-electron chi connectivity index (χ4n) is 1.15. The molecule has 0 aromatic heterocycles. The van der Waals surface area contributed by atoms with Crippen LogP contribution in [0.5, 0.6) is 5.75 Å². The van der Waals surface area contributed by atoms with Crippen molar-refractivity contribution in [3.8, 4) is 5.75 Å². The van der Waals surface area contributed by atoms with E-state index in [-0.39, 0.29) is 24.0 Å². The first-order chi connectivity index (χ1) is 7.56. The number of carboxylic acid groups (broad SMARTS) is 1. The number of rotatable bonds is 5. The highest BCUT2D eigenvalue weighted by molar-refractivity contribution is 5.93. The van der Waals surface area contributed by atoms with Gasteiger partial charge in [0.1, 0.15) is 12.2 Å². The van der Waals surface area contributed by atoms with Crippen molar-refractivity contribution in [2.75, 3.05) is 19.5 Å². The molecule has 0 saturated carbocycles. The van der Waals surface area contributed by atoms with E-state index in [4.69, 9.17) is 20.3 Å². The summed E-state index contributed by atoms with van der Waals surface area (Å²) in [5, 5.41) is 8.95. The molecule has 1 rings (SSSR count). The molecule has 0 spiro atoms. The van der Waals surface area contributed by atoms with Crippen LogP contribution in [0.25, 0.3) is 0 Å². The van der Waals surface area contributed by atoms with Crippen molar-refractivity contribution >= 4 is 11.7 Å². The van der Waals surface area contributed by atoms with Crippen LogP contribution in [0.1, 0.15) is 17.3 Å². The van der Waals surface area contributed by atoms with Gasteiger partial charge in [0.05, 0.1) is 11.8 Å². The van der Waals surface area contributed by atoms with Gasteiger partial charge in [-0.3, -0.25) is 0 Å².